The third kappa shape index (κ3) is 4.83. The molecule has 106 valence electrons. The summed E-state index contributed by atoms with van der Waals surface area (Å²) in [5, 5.41) is 3.47. The Morgan fingerprint density at radius 3 is 2.32 bits per heavy atom. The van der Waals surface area contributed by atoms with Crippen molar-refractivity contribution in [1.82, 2.24) is 5.32 Å². The summed E-state index contributed by atoms with van der Waals surface area (Å²) in [6.45, 7) is 10.9. The summed E-state index contributed by atoms with van der Waals surface area (Å²) in [5.41, 5.74) is 2.95. The molecular formula is C18H29N. The zero-order valence-electron chi connectivity index (χ0n) is 12.9. The predicted molar refractivity (Wildman–Crippen MR) is 86.2 cm³/mol. The van der Waals surface area contributed by atoms with Crippen LogP contribution in [0.15, 0.2) is 47.6 Å². The number of hydrogen-bond donors (Lipinski definition) is 1. The van der Waals surface area contributed by atoms with E-state index in [4.69, 9.17) is 0 Å². The maximum absolute atomic E-state index is 3.47. The molecule has 1 heterocycles. The molecule has 1 fully saturated rings. The molecule has 1 nitrogen and oxygen atoms in total. The van der Waals surface area contributed by atoms with Gasteiger partial charge in [-0.15, -0.1) is 0 Å². The van der Waals surface area contributed by atoms with Crippen LogP contribution in [0, 0.1) is 11.8 Å². The normalized spacial score (nSPS) is 21.5. The van der Waals surface area contributed by atoms with E-state index in [0.29, 0.717) is 5.92 Å². The van der Waals surface area contributed by atoms with Crippen LogP contribution in [0.4, 0.5) is 0 Å². The Bertz CT molecular complexity index is 365. The van der Waals surface area contributed by atoms with Crippen molar-refractivity contribution < 1.29 is 0 Å². The third-order valence-electron chi connectivity index (χ3n) is 3.95. The van der Waals surface area contributed by atoms with E-state index < -0.39 is 0 Å². The summed E-state index contributed by atoms with van der Waals surface area (Å²) in [4.78, 5) is 0. The molecule has 1 rings (SSSR count). The van der Waals surface area contributed by atoms with Gasteiger partial charge in [0.25, 0.3) is 0 Å². The van der Waals surface area contributed by atoms with Gasteiger partial charge >= 0.3 is 0 Å². The molecule has 1 atom stereocenters. The molecule has 1 unspecified atom stereocenters. The number of allylic oxidation sites excluding steroid dienone is 8. The minimum absolute atomic E-state index is 0.569. The molecule has 0 amide bonds. The lowest BCUT2D eigenvalue weighted by molar-refractivity contribution is 0.318. The second-order valence-electron chi connectivity index (χ2n) is 5.29. The average molecular weight is 259 g/mol. The molecular weight excluding hydrogens is 230 g/mol. The molecule has 1 heteroatoms. The highest BCUT2D eigenvalue weighted by Gasteiger charge is 2.26. The van der Waals surface area contributed by atoms with Crippen molar-refractivity contribution in [3.05, 3.63) is 47.6 Å². The average Bonchev–Trinajstić information content (AvgIpc) is 2.45. The van der Waals surface area contributed by atoms with Crippen LogP contribution in [0.2, 0.25) is 0 Å². The van der Waals surface area contributed by atoms with E-state index in [1.54, 1.807) is 0 Å². The van der Waals surface area contributed by atoms with Crippen molar-refractivity contribution in [2.45, 2.75) is 40.5 Å². The lowest BCUT2D eigenvalue weighted by atomic mass is 9.75. The summed E-state index contributed by atoms with van der Waals surface area (Å²) in [6.07, 6.45) is 15.8. The molecule has 0 aliphatic carbocycles. The first-order chi connectivity index (χ1) is 9.24. The molecule has 0 saturated carbocycles. The zero-order chi connectivity index (χ0) is 14.1. The Morgan fingerprint density at radius 1 is 1.11 bits per heavy atom. The van der Waals surface area contributed by atoms with Crippen LogP contribution in [-0.2, 0) is 0 Å². The second kappa shape index (κ2) is 8.92. The van der Waals surface area contributed by atoms with Crippen LogP contribution in [0.1, 0.15) is 40.5 Å². The number of piperidine rings is 1. The zero-order valence-corrected chi connectivity index (χ0v) is 12.9. The summed E-state index contributed by atoms with van der Waals surface area (Å²) < 4.78 is 0. The Labute approximate surface area is 119 Å². The van der Waals surface area contributed by atoms with E-state index in [0.717, 1.165) is 19.0 Å². The lowest BCUT2D eigenvalue weighted by Gasteiger charge is -2.32. The van der Waals surface area contributed by atoms with Crippen LogP contribution in [-0.4, -0.2) is 13.1 Å². The molecule has 0 aromatic rings. The van der Waals surface area contributed by atoms with E-state index in [2.05, 4.69) is 69.5 Å². The highest BCUT2D eigenvalue weighted by molar-refractivity contribution is 5.31. The van der Waals surface area contributed by atoms with Crippen LogP contribution in [0.25, 0.3) is 0 Å². The first kappa shape index (κ1) is 16.0. The minimum Gasteiger partial charge on any atom is -0.317 e. The van der Waals surface area contributed by atoms with Crippen molar-refractivity contribution in [2.75, 3.05) is 13.1 Å². The predicted octanol–water partition coefficient (Wildman–Crippen LogP) is 4.65. The van der Waals surface area contributed by atoms with Gasteiger partial charge in [-0.1, -0.05) is 42.0 Å². The second-order valence-corrected chi connectivity index (χ2v) is 5.29. The number of rotatable bonds is 5. The molecule has 0 aromatic carbocycles. The van der Waals surface area contributed by atoms with Crippen LogP contribution in [0.5, 0.6) is 0 Å². The van der Waals surface area contributed by atoms with Crippen LogP contribution >= 0.6 is 0 Å². The van der Waals surface area contributed by atoms with E-state index in [9.17, 15) is 0 Å². The molecule has 0 radical (unpaired) electrons. The van der Waals surface area contributed by atoms with Gasteiger partial charge in [0.2, 0.25) is 0 Å². The van der Waals surface area contributed by atoms with E-state index >= 15 is 0 Å². The Hall–Kier alpha value is -1.08. The number of hydrogen-bond acceptors (Lipinski definition) is 1. The molecule has 1 saturated heterocycles. The Morgan fingerprint density at radius 2 is 1.79 bits per heavy atom. The van der Waals surface area contributed by atoms with Gasteiger partial charge in [0.15, 0.2) is 0 Å². The summed E-state index contributed by atoms with van der Waals surface area (Å²) >= 11 is 0. The monoisotopic (exact) mass is 259 g/mol. The fourth-order valence-electron chi connectivity index (χ4n) is 3.01. The lowest BCUT2D eigenvalue weighted by Crippen LogP contribution is -2.32. The molecule has 1 aliphatic heterocycles. The van der Waals surface area contributed by atoms with Gasteiger partial charge in [-0.05, 0) is 65.1 Å². The van der Waals surface area contributed by atoms with Crippen molar-refractivity contribution in [3.8, 4) is 0 Å². The third-order valence-corrected chi connectivity index (χ3v) is 3.95. The molecule has 0 bridgehead atoms. The molecule has 19 heavy (non-hydrogen) atoms. The van der Waals surface area contributed by atoms with Gasteiger partial charge in [0, 0.05) is 5.92 Å². The van der Waals surface area contributed by atoms with Crippen molar-refractivity contribution in [2.24, 2.45) is 11.8 Å². The van der Waals surface area contributed by atoms with E-state index in [1.165, 1.54) is 24.0 Å². The molecule has 0 spiro atoms. The van der Waals surface area contributed by atoms with E-state index in [1.807, 2.05) is 0 Å². The minimum atomic E-state index is 0.569. The van der Waals surface area contributed by atoms with Crippen molar-refractivity contribution >= 4 is 0 Å². The van der Waals surface area contributed by atoms with Crippen molar-refractivity contribution in [3.63, 3.8) is 0 Å². The molecule has 0 aromatic heterocycles. The van der Waals surface area contributed by atoms with Gasteiger partial charge in [0.05, 0.1) is 0 Å². The Kier molecular flexibility index (Phi) is 7.50. The van der Waals surface area contributed by atoms with Crippen LogP contribution in [0.3, 0.4) is 0 Å². The maximum atomic E-state index is 3.47. The maximum Gasteiger partial charge on any atom is 0.00743 e. The highest BCUT2D eigenvalue weighted by Crippen LogP contribution is 2.34. The first-order valence-electron chi connectivity index (χ1n) is 7.53. The van der Waals surface area contributed by atoms with Gasteiger partial charge in [-0.3, -0.25) is 0 Å². The summed E-state index contributed by atoms with van der Waals surface area (Å²) in [6, 6.07) is 0. The largest absolute Gasteiger partial charge is 0.317 e. The smallest absolute Gasteiger partial charge is 0.00743 e. The summed E-state index contributed by atoms with van der Waals surface area (Å²) in [5.74, 6) is 1.34. The van der Waals surface area contributed by atoms with Gasteiger partial charge in [-0.25, -0.2) is 0 Å². The summed E-state index contributed by atoms with van der Waals surface area (Å²) in [7, 11) is 0. The SMILES string of the molecule is C/C=C\C=C(/C)C(C(/C=C\C)=C/C)C1CCNCC1. The molecule has 1 N–H and O–H groups in total. The quantitative estimate of drug-likeness (QED) is 0.709. The van der Waals surface area contributed by atoms with Crippen molar-refractivity contribution in [1.29, 1.82) is 0 Å². The fraction of sp³-hybridized carbons (Fsp3) is 0.556. The van der Waals surface area contributed by atoms with Crippen LogP contribution < -0.4 is 5.32 Å². The Balaban J connectivity index is 3.01. The standard InChI is InChI=1S/C18H29N/c1-5-8-10-15(4)18(16(7-3)9-6-2)17-11-13-19-14-12-17/h5-10,17-19H,11-14H2,1-4H3/b8-5-,9-6-,15-10+,16-7+. The topological polar surface area (TPSA) is 12.0 Å². The fourth-order valence-corrected chi connectivity index (χ4v) is 3.01. The molecule has 1 aliphatic rings. The van der Waals surface area contributed by atoms with Gasteiger partial charge in [-0.2, -0.15) is 0 Å². The van der Waals surface area contributed by atoms with Gasteiger partial charge < -0.3 is 5.32 Å². The highest BCUT2D eigenvalue weighted by atomic mass is 14.9. The number of nitrogens with one attached hydrogen (secondary N) is 1. The first-order valence-corrected chi connectivity index (χ1v) is 7.53. The van der Waals surface area contributed by atoms with Gasteiger partial charge in [0.1, 0.15) is 0 Å². The van der Waals surface area contributed by atoms with E-state index in [-0.39, 0.29) is 0 Å².